The summed E-state index contributed by atoms with van der Waals surface area (Å²) in [6.45, 7) is 2.08. The summed E-state index contributed by atoms with van der Waals surface area (Å²) in [7, 11) is 0. The molecule has 0 unspecified atom stereocenters. The second kappa shape index (κ2) is 5.06. The van der Waals surface area contributed by atoms with Crippen LogP contribution in [0.15, 0.2) is 40.7 Å². The maximum atomic E-state index is 4.52. The zero-order valence-electron chi connectivity index (χ0n) is 8.80. The first-order chi connectivity index (χ1) is 7.45. The van der Waals surface area contributed by atoms with Gasteiger partial charge in [0.15, 0.2) is 5.17 Å². The summed E-state index contributed by atoms with van der Waals surface area (Å²) in [6.07, 6.45) is 1.16. The van der Waals surface area contributed by atoms with Crippen LogP contribution in [0.1, 0.15) is 12.0 Å². The van der Waals surface area contributed by atoms with Crippen LogP contribution in [0.2, 0.25) is 0 Å². The Morgan fingerprint density at radius 1 is 1.19 bits per heavy atom. The molecule has 2 aliphatic rings. The third-order valence-corrected chi connectivity index (χ3v) is 3.56. The highest BCUT2D eigenvalue weighted by Crippen LogP contribution is 2.34. The van der Waals surface area contributed by atoms with E-state index in [1.807, 2.05) is 0 Å². The number of hydrogen-bond donors (Lipinski definition) is 0. The summed E-state index contributed by atoms with van der Waals surface area (Å²) in [5, 5.41) is 3.37. The standard InChI is InChI=1S/C12H12N2S.BrH/c1-2-5-10(6-3-1)11-9-15-12-13-7-4-8-14(11)12;/h1-3,5-6,9H,4,7-8H2;1H. The third-order valence-electron chi connectivity index (χ3n) is 2.65. The van der Waals surface area contributed by atoms with Crippen molar-refractivity contribution in [1.82, 2.24) is 4.90 Å². The summed E-state index contributed by atoms with van der Waals surface area (Å²) in [5.41, 5.74) is 2.59. The Bertz CT molecular complexity index is 428. The molecule has 1 aromatic rings. The fraction of sp³-hybridized carbons (Fsp3) is 0.250. The van der Waals surface area contributed by atoms with Gasteiger partial charge in [-0.25, -0.2) is 0 Å². The quantitative estimate of drug-likeness (QED) is 0.790. The summed E-state index contributed by atoms with van der Waals surface area (Å²) < 4.78 is 0. The first-order valence-corrected chi connectivity index (χ1v) is 6.07. The van der Waals surface area contributed by atoms with Crippen molar-refractivity contribution >= 4 is 39.6 Å². The molecule has 0 spiro atoms. The lowest BCUT2D eigenvalue weighted by Crippen LogP contribution is -2.28. The van der Waals surface area contributed by atoms with Gasteiger partial charge in [-0.3, -0.25) is 4.99 Å². The van der Waals surface area contributed by atoms with Gasteiger partial charge in [0.1, 0.15) is 0 Å². The number of amidine groups is 1. The average molecular weight is 297 g/mol. The Balaban J connectivity index is 0.000000963. The van der Waals surface area contributed by atoms with E-state index in [9.17, 15) is 0 Å². The largest absolute Gasteiger partial charge is 0.320 e. The molecule has 3 rings (SSSR count). The van der Waals surface area contributed by atoms with Crippen molar-refractivity contribution in [3.05, 3.63) is 41.3 Å². The summed E-state index contributed by atoms with van der Waals surface area (Å²) in [5.74, 6) is 0. The van der Waals surface area contributed by atoms with Crippen LogP contribution in [0.4, 0.5) is 0 Å². The molecule has 2 nitrogen and oxygen atoms in total. The number of thioether (sulfide) groups is 1. The van der Waals surface area contributed by atoms with Gasteiger partial charge in [0, 0.05) is 18.5 Å². The fourth-order valence-corrected chi connectivity index (χ4v) is 2.88. The van der Waals surface area contributed by atoms with E-state index >= 15 is 0 Å². The molecule has 0 fully saturated rings. The minimum atomic E-state index is 0. The monoisotopic (exact) mass is 296 g/mol. The molecule has 84 valence electrons. The second-order valence-corrected chi connectivity index (χ2v) is 4.49. The molecule has 2 aliphatic heterocycles. The predicted octanol–water partition coefficient (Wildman–Crippen LogP) is 3.37. The topological polar surface area (TPSA) is 15.6 Å². The zero-order chi connectivity index (χ0) is 10.1. The number of nitrogens with zero attached hydrogens (tertiary/aromatic N) is 2. The smallest absolute Gasteiger partial charge is 0.168 e. The average Bonchev–Trinajstić information content (AvgIpc) is 2.74. The molecule has 0 radical (unpaired) electrons. The van der Waals surface area contributed by atoms with Crippen LogP contribution in [0.25, 0.3) is 5.70 Å². The molecule has 16 heavy (non-hydrogen) atoms. The maximum Gasteiger partial charge on any atom is 0.168 e. The van der Waals surface area contributed by atoms with E-state index < -0.39 is 0 Å². The molecule has 0 saturated carbocycles. The van der Waals surface area contributed by atoms with E-state index in [0.29, 0.717) is 0 Å². The van der Waals surface area contributed by atoms with E-state index in [0.717, 1.165) is 19.5 Å². The molecule has 0 amide bonds. The summed E-state index contributed by atoms with van der Waals surface area (Å²) in [6, 6.07) is 10.5. The lowest BCUT2D eigenvalue weighted by atomic mass is 10.1. The van der Waals surface area contributed by atoms with Crippen molar-refractivity contribution in [3.63, 3.8) is 0 Å². The van der Waals surface area contributed by atoms with Gasteiger partial charge in [-0.15, -0.1) is 17.0 Å². The highest BCUT2D eigenvalue weighted by molar-refractivity contribution is 8.93. The minimum absolute atomic E-state index is 0. The van der Waals surface area contributed by atoms with Crippen LogP contribution < -0.4 is 0 Å². The van der Waals surface area contributed by atoms with Gasteiger partial charge in [0.25, 0.3) is 0 Å². The van der Waals surface area contributed by atoms with Gasteiger partial charge in [-0.1, -0.05) is 42.1 Å². The first-order valence-electron chi connectivity index (χ1n) is 5.19. The Kier molecular flexibility index (Phi) is 3.71. The van der Waals surface area contributed by atoms with Gasteiger partial charge in [-0.2, -0.15) is 0 Å². The molecular weight excluding hydrogens is 284 g/mol. The van der Waals surface area contributed by atoms with Gasteiger partial charge in [0.2, 0.25) is 0 Å². The van der Waals surface area contributed by atoms with E-state index in [1.54, 1.807) is 11.8 Å². The van der Waals surface area contributed by atoms with Crippen LogP contribution in [0.5, 0.6) is 0 Å². The molecule has 0 aliphatic carbocycles. The van der Waals surface area contributed by atoms with E-state index in [2.05, 4.69) is 45.6 Å². The first kappa shape index (κ1) is 11.7. The van der Waals surface area contributed by atoms with Crippen LogP contribution >= 0.6 is 28.7 Å². The van der Waals surface area contributed by atoms with Crippen LogP contribution in [-0.2, 0) is 0 Å². The van der Waals surface area contributed by atoms with Gasteiger partial charge in [-0.05, 0) is 12.0 Å². The lowest BCUT2D eigenvalue weighted by molar-refractivity contribution is 0.542. The number of benzene rings is 1. The van der Waals surface area contributed by atoms with Crippen molar-refractivity contribution < 1.29 is 0 Å². The predicted molar refractivity (Wildman–Crippen MR) is 76.0 cm³/mol. The fourth-order valence-electron chi connectivity index (χ4n) is 1.91. The number of halogens is 1. The summed E-state index contributed by atoms with van der Waals surface area (Å²) >= 11 is 1.74. The van der Waals surface area contributed by atoms with E-state index in [1.165, 1.54) is 16.4 Å². The number of rotatable bonds is 1. The van der Waals surface area contributed by atoms with Crippen LogP contribution in [0.3, 0.4) is 0 Å². The molecular formula is C12H13BrN2S. The Labute approximate surface area is 110 Å². The third kappa shape index (κ3) is 2.04. The normalized spacial score (nSPS) is 18.4. The Morgan fingerprint density at radius 3 is 2.81 bits per heavy atom. The summed E-state index contributed by atoms with van der Waals surface area (Å²) in [4.78, 5) is 6.84. The second-order valence-electron chi connectivity index (χ2n) is 3.66. The molecule has 4 heteroatoms. The maximum absolute atomic E-state index is 4.52. The van der Waals surface area contributed by atoms with Gasteiger partial charge < -0.3 is 4.90 Å². The van der Waals surface area contributed by atoms with E-state index in [4.69, 9.17) is 0 Å². The highest BCUT2D eigenvalue weighted by Gasteiger charge is 2.25. The van der Waals surface area contributed by atoms with Crippen molar-refractivity contribution in [2.75, 3.05) is 13.1 Å². The lowest BCUT2D eigenvalue weighted by Gasteiger charge is -2.25. The van der Waals surface area contributed by atoms with Crippen LogP contribution in [0, 0.1) is 0 Å². The number of aliphatic imine (C=N–C) groups is 1. The minimum Gasteiger partial charge on any atom is -0.320 e. The molecule has 0 N–H and O–H groups in total. The highest BCUT2D eigenvalue weighted by atomic mass is 79.9. The Morgan fingerprint density at radius 2 is 2.00 bits per heavy atom. The zero-order valence-corrected chi connectivity index (χ0v) is 11.3. The molecule has 0 atom stereocenters. The van der Waals surface area contributed by atoms with Crippen molar-refractivity contribution in [3.8, 4) is 0 Å². The van der Waals surface area contributed by atoms with Crippen molar-refractivity contribution in [1.29, 1.82) is 0 Å². The molecule has 2 heterocycles. The molecule has 0 saturated heterocycles. The SMILES string of the molecule is Br.C1=C(c2ccccc2)N2CCCN=C2S1. The van der Waals surface area contributed by atoms with Crippen LogP contribution in [-0.4, -0.2) is 23.2 Å². The van der Waals surface area contributed by atoms with Gasteiger partial charge >= 0.3 is 0 Å². The Hall–Kier alpha value is -0.740. The van der Waals surface area contributed by atoms with Crippen molar-refractivity contribution in [2.45, 2.75) is 6.42 Å². The molecule has 0 bridgehead atoms. The molecule has 1 aromatic carbocycles. The number of hydrogen-bond acceptors (Lipinski definition) is 3. The van der Waals surface area contributed by atoms with Crippen molar-refractivity contribution in [2.24, 2.45) is 4.99 Å². The molecule has 0 aromatic heterocycles. The number of fused-ring (bicyclic) bond motifs is 1. The van der Waals surface area contributed by atoms with E-state index in [-0.39, 0.29) is 17.0 Å². The van der Waals surface area contributed by atoms with Gasteiger partial charge in [0.05, 0.1) is 5.70 Å².